The van der Waals surface area contributed by atoms with Crippen LogP contribution in [0.4, 0.5) is 5.69 Å². The number of halogens is 2. The van der Waals surface area contributed by atoms with E-state index in [0.717, 1.165) is 56.4 Å². The van der Waals surface area contributed by atoms with Crippen LogP contribution in [0.5, 0.6) is 0 Å². The van der Waals surface area contributed by atoms with Crippen LogP contribution in [0.1, 0.15) is 48.8 Å². The number of piperidine rings is 1. The summed E-state index contributed by atoms with van der Waals surface area (Å²) in [5, 5.41) is 9.98. The molecule has 1 heterocycles. The average Bonchev–Trinajstić information content (AvgIpc) is 3.53. The van der Waals surface area contributed by atoms with E-state index in [-0.39, 0.29) is 6.10 Å². The number of allylic oxidation sites excluding steroid dienone is 2. The van der Waals surface area contributed by atoms with E-state index < -0.39 is 0 Å². The maximum atomic E-state index is 9.03. The van der Waals surface area contributed by atoms with Crippen LogP contribution in [-0.4, -0.2) is 38.1 Å². The van der Waals surface area contributed by atoms with Crippen molar-refractivity contribution in [2.45, 2.75) is 57.6 Å². The van der Waals surface area contributed by atoms with Gasteiger partial charge in [0.1, 0.15) is 5.76 Å². The molecule has 2 unspecified atom stereocenters. The number of anilines is 1. The number of nitrogens with one attached hydrogen (secondary N) is 1. The fraction of sp³-hybridized carbons (Fsp3) is 0.452. The summed E-state index contributed by atoms with van der Waals surface area (Å²) in [6, 6.07) is 12.7. The Morgan fingerprint density at radius 2 is 1.92 bits per heavy atom. The Morgan fingerprint density at radius 3 is 2.54 bits per heavy atom. The summed E-state index contributed by atoms with van der Waals surface area (Å²) in [5.74, 6) is 1.67. The fourth-order valence-corrected chi connectivity index (χ4v) is 6.60. The van der Waals surface area contributed by atoms with Gasteiger partial charge in [-0.05, 0) is 80.8 Å². The first-order valence-electron chi connectivity index (χ1n) is 13.3. The van der Waals surface area contributed by atoms with Crippen molar-refractivity contribution < 1.29 is 9.47 Å². The minimum atomic E-state index is 0.175. The molecule has 3 fully saturated rings. The minimum Gasteiger partial charge on any atom is -0.500 e. The number of hydrogen-bond donors (Lipinski definition) is 1. The van der Waals surface area contributed by atoms with E-state index in [0.29, 0.717) is 45.8 Å². The number of rotatable bonds is 11. The predicted molar refractivity (Wildman–Crippen MR) is 153 cm³/mol. The smallest absolute Gasteiger partial charge is 0.106 e. The van der Waals surface area contributed by atoms with E-state index in [9.17, 15) is 0 Å². The van der Waals surface area contributed by atoms with Crippen molar-refractivity contribution in [2.24, 2.45) is 11.8 Å². The number of ether oxygens (including phenoxy) is 2. The summed E-state index contributed by atoms with van der Waals surface area (Å²) in [6.45, 7) is 7.41. The van der Waals surface area contributed by atoms with Crippen molar-refractivity contribution in [1.82, 2.24) is 0 Å². The molecule has 2 aromatic carbocycles. The lowest BCUT2D eigenvalue weighted by Crippen LogP contribution is -2.39. The van der Waals surface area contributed by atoms with Gasteiger partial charge in [-0.1, -0.05) is 41.4 Å². The average molecular weight is 540 g/mol. The third-order valence-corrected chi connectivity index (χ3v) is 8.81. The Balaban J connectivity index is 1.29. The quantitative estimate of drug-likeness (QED) is 0.180. The molecule has 3 atom stereocenters. The van der Waals surface area contributed by atoms with E-state index in [1.807, 2.05) is 6.08 Å². The zero-order chi connectivity index (χ0) is 26.1. The lowest BCUT2D eigenvalue weighted by molar-refractivity contribution is 0.0385. The van der Waals surface area contributed by atoms with Crippen molar-refractivity contribution in [1.29, 1.82) is 5.41 Å². The van der Waals surface area contributed by atoms with E-state index in [4.69, 9.17) is 38.1 Å². The van der Waals surface area contributed by atoms with Crippen LogP contribution in [0, 0.1) is 24.2 Å². The van der Waals surface area contributed by atoms with Crippen LogP contribution in [0.15, 0.2) is 60.4 Å². The summed E-state index contributed by atoms with van der Waals surface area (Å²) in [7, 11) is 1.69. The van der Waals surface area contributed by atoms with E-state index in [1.54, 1.807) is 25.3 Å². The molecule has 2 aliphatic carbocycles. The van der Waals surface area contributed by atoms with Crippen LogP contribution in [0.3, 0.4) is 0 Å². The number of aryl methyl sites for hydroxylation is 2. The van der Waals surface area contributed by atoms with Crippen molar-refractivity contribution >= 4 is 34.6 Å². The summed E-state index contributed by atoms with van der Waals surface area (Å²) >= 11 is 12.9. The highest BCUT2D eigenvalue weighted by molar-refractivity contribution is 6.41. The number of nitrogens with zero attached hydrogens (tertiary/aromatic N) is 1. The molecular weight excluding hydrogens is 503 g/mol. The summed E-state index contributed by atoms with van der Waals surface area (Å²) in [6.07, 6.45) is 8.50. The van der Waals surface area contributed by atoms with Gasteiger partial charge in [0, 0.05) is 41.2 Å². The first kappa shape index (κ1) is 26.3. The van der Waals surface area contributed by atoms with Gasteiger partial charge in [0.25, 0.3) is 0 Å². The highest BCUT2D eigenvalue weighted by Crippen LogP contribution is 2.44. The second kappa shape index (κ2) is 11.2. The third kappa shape index (κ3) is 5.48. The second-order valence-corrected chi connectivity index (χ2v) is 11.4. The van der Waals surface area contributed by atoms with Crippen LogP contribution in [0.25, 0.3) is 0 Å². The molecule has 0 radical (unpaired) electrons. The summed E-state index contributed by atoms with van der Waals surface area (Å²) in [5.41, 5.74) is 5.70. The number of fused-ring (bicyclic) bond motifs is 2. The van der Waals surface area contributed by atoms with Gasteiger partial charge in [-0.15, -0.1) is 6.58 Å². The van der Waals surface area contributed by atoms with Gasteiger partial charge in [0.2, 0.25) is 0 Å². The molecule has 1 saturated heterocycles. The zero-order valence-corrected chi connectivity index (χ0v) is 23.2. The Labute approximate surface area is 230 Å². The van der Waals surface area contributed by atoms with Crippen molar-refractivity contribution in [2.75, 3.05) is 25.2 Å². The van der Waals surface area contributed by atoms with Crippen LogP contribution >= 0.6 is 23.2 Å². The maximum Gasteiger partial charge on any atom is 0.106 e. The lowest BCUT2D eigenvalue weighted by atomic mass is 9.99. The Kier molecular flexibility index (Phi) is 7.99. The van der Waals surface area contributed by atoms with Crippen LogP contribution in [-0.2, 0) is 15.9 Å². The van der Waals surface area contributed by atoms with Gasteiger partial charge < -0.3 is 14.4 Å². The van der Waals surface area contributed by atoms with Crippen LogP contribution in [0.2, 0.25) is 10.0 Å². The second-order valence-electron chi connectivity index (χ2n) is 10.6. The SMILES string of the molecule is C=CCCc1cc(N2CC3C[C@@H]2CC3OC/C(C(=N)c2c(Cl)cccc2Cl)=C(/OC)C2CC2)ccc1C. The summed E-state index contributed by atoms with van der Waals surface area (Å²) in [4.78, 5) is 2.56. The molecule has 5 rings (SSSR count). The van der Waals surface area contributed by atoms with Crippen molar-refractivity contribution in [3.63, 3.8) is 0 Å². The summed E-state index contributed by atoms with van der Waals surface area (Å²) < 4.78 is 12.4. The number of methoxy groups -OCH3 is 1. The minimum absolute atomic E-state index is 0.175. The molecule has 0 amide bonds. The monoisotopic (exact) mass is 538 g/mol. The molecule has 2 bridgehead atoms. The van der Waals surface area contributed by atoms with Gasteiger partial charge in [-0.2, -0.15) is 0 Å². The molecule has 4 nitrogen and oxygen atoms in total. The molecule has 37 heavy (non-hydrogen) atoms. The number of hydrogen-bond acceptors (Lipinski definition) is 4. The Hall–Kier alpha value is -2.27. The van der Waals surface area contributed by atoms with Crippen molar-refractivity contribution in [3.8, 4) is 0 Å². The molecule has 1 aliphatic heterocycles. The standard InChI is InChI=1S/C31H36Cl2N2O2/c1-4-5-7-21-14-23(13-10-19(21)2)35-17-22-15-24(35)16-28(22)37-18-25(31(36-3)20-11-12-20)30(34)29-26(32)8-6-9-27(29)33/h4,6,8-10,13-14,20,22,24,28,34H,1,5,7,11-12,15-18H2,2-3H3/b31-25-,34-30?/t22?,24-,28?/m1/s1. The molecule has 6 heteroatoms. The zero-order valence-electron chi connectivity index (χ0n) is 21.7. The van der Waals surface area contributed by atoms with Crippen molar-refractivity contribution in [3.05, 3.63) is 87.1 Å². The Morgan fingerprint density at radius 1 is 1.16 bits per heavy atom. The van der Waals surface area contributed by atoms with Gasteiger partial charge >= 0.3 is 0 Å². The van der Waals surface area contributed by atoms with E-state index in [1.165, 1.54) is 16.8 Å². The van der Waals surface area contributed by atoms with Gasteiger partial charge in [-0.25, -0.2) is 0 Å². The Bertz CT molecular complexity index is 1200. The van der Waals surface area contributed by atoms with Gasteiger partial charge in [0.15, 0.2) is 0 Å². The first-order chi connectivity index (χ1) is 17.9. The predicted octanol–water partition coefficient (Wildman–Crippen LogP) is 7.78. The molecule has 2 saturated carbocycles. The molecule has 196 valence electrons. The van der Waals surface area contributed by atoms with E-state index in [2.05, 4.69) is 36.6 Å². The van der Waals surface area contributed by atoms with Gasteiger partial charge in [0.05, 0.1) is 35.6 Å². The molecule has 0 aromatic heterocycles. The molecular formula is C31H36Cl2N2O2. The van der Waals surface area contributed by atoms with Gasteiger partial charge in [-0.3, -0.25) is 5.41 Å². The molecule has 2 aromatic rings. The lowest BCUT2D eigenvalue weighted by Gasteiger charge is -2.34. The number of benzene rings is 2. The first-order valence-corrected chi connectivity index (χ1v) is 14.1. The molecule has 1 N–H and O–H groups in total. The third-order valence-electron chi connectivity index (χ3n) is 8.18. The largest absolute Gasteiger partial charge is 0.500 e. The topological polar surface area (TPSA) is 45.5 Å². The molecule has 0 spiro atoms. The molecule has 3 aliphatic rings. The van der Waals surface area contributed by atoms with Crippen LogP contribution < -0.4 is 4.90 Å². The highest BCUT2D eigenvalue weighted by atomic mass is 35.5. The highest BCUT2D eigenvalue weighted by Gasteiger charge is 2.45. The maximum absolute atomic E-state index is 9.03. The normalized spacial score (nSPS) is 23.2. The fourth-order valence-electron chi connectivity index (χ4n) is 6.02. The van der Waals surface area contributed by atoms with E-state index >= 15 is 0 Å².